The minimum absolute atomic E-state index is 0.155. The molecule has 0 radical (unpaired) electrons. The molecule has 110 valence electrons. The lowest BCUT2D eigenvalue weighted by Crippen LogP contribution is -2.24. The molecular formula is C14H17BrO5. The van der Waals surface area contributed by atoms with Crippen molar-refractivity contribution in [3.05, 3.63) is 22.2 Å². The van der Waals surface area contributed by atoms with Crippen LogP contribution in [-0.2, 0) is 9.53 Å². The van der Waals surface area contributed by atoms with Gasteiger partial charge in [0.1, 0.15) is 0 Å². The number of halogens is 1. The molecule has 0 bridgehead atoms. The monoisotopic (exact) mass is 344 g/mol. The summed E-state index contributed by atoms with van der Waals surface area (Å²) in [5.74, 6) is 0.191. The number of benzene rings is 1. The molecule has 0 aliphatic carbocycles. The maximum absolute atomic E-state index is 11.9. The van der Waals surface area contributed by atoms with Crippen molar-refractivity contribution in [1.29, 1.82) is 0 Å². The van der Waals surface area contributed by atoms with Gasteiger partial charge >= 0.3 is 5.97 Å². The van der Waals surface area contributed by atoms with Gasteiger partial charge in [-0.05, 0) is 47.0 Å². The molecule has 0 aromatic heterocycles. The van der Waals surface area contributed by atoms with E-state index in [2.05, 4.69) is 15.9 Å². The van der Waals surface area contributed by atoms with E-state index in [4.69, 9.17) is 14.2 Å². The zero-order chi connectivity index (χ0) is 14.7. The molecule has 1 aromatic rings. The molecule has 1 aliphatic heterocycles. The smallest absolute Gasteiger partial charge is 0.311 e. The Morgan fingerprint density at radius 3 is 2.85 bits per heavy atom. The molecule has 0 saturated heterocycles. The number of aliphatic hydroxyl groups excluding tert-OH is 1. The van der Waals surface area contributed by atoms with Crippen molar-refractivity contribution in [2.75, 3.05) is 13.4 Å². The second-order valence-corrected chi connectivity index (χ2v) is 5.30. The lowest BCUT2D eigenvalue weighted by Gasteiger charge is -2.20. The Morgan fingerprint density at radius 1 is 1.45 bits per heavy atom. The van der Waals surface area contributed by atoms with Crippen molar-refractivity contribution in [2.45, 2.75) is 26.4 Å². The fourth-order valence-corrected chi connectivity index (χ4v) is 2.73. The molecule has 2 unspecified atom stereocenters. The summed E-state index contributed by atoms with van der Waals surface area (Å²) in [5.41, 5.74) is 0.598. The molecule has 2 atom stereocenters. The van der Waals surface area contributed by atoms with Gasteiger partial charge in [-0.2, -0.15) is 0 Å². The highest BCUT2D eigenvalue weighted by Gasteiger charge is 2.30. The Kier molecular flexibility index (Phi) is 4.88. The van der Waals surface area contributed by atoms with E-state index in [0.29, 0.717) is 34.6 Å². The largest absolute Gasteiger partial charge is 0.466 e. The summed E-state index contributed by atoms with van der Waals surface area (Å²) < 4.78 is 16.3. The van der Waals surface area contributed by atoms with E-state index in [-0.39, 0.29) is 6.79 Å². The fourth-order valence-electron chi connectivity index (χ4n) is 2.16. The van der Waals surface area contributed by atoms with Crippen molar-refractivity contribution in [3.8, 4) is 11.5 Å². The summed E-state index contributed by atoms with van der Waals surface area (Å²) in [7, 11) is 0. The second kappa shape index (κ2) is 6.45. The molecule has 1 aliphatic rings. The Balaban J connectivity index is 2.26. The molecule has 1 aromatic carbocycles. The maximum atomic E-state index is 11.9. The van der Waals surface area contributed by atoms with Crippen LogP contribution in [0, 0.1) is 5.92 Å². The highest BCUT2D eigenvalue weighted by molar-refractivity contribution is 9.10. The first kappa shape index (κ1) is 15.1. The summed E-state index contributed by atoms with van der Waals surface area (Å²) in [6, 6.07) is 3.43. The van der Waals surface area contributed by atoms with Gasteiger partial charge < -0.3 is 19.3 Å². The van der Waals surface area contributed by atoms with Crippen molar-refractivity contribution >= 4 is 21.9 Å². The number of carbonyl (C=O) groups is 1. The third-order valence-corrected chi connectivity index (χ3v) is 3.79. The fraction of sp³-hybridized carbons (Fsp3) is 0.500. The number of esters is 1. The lowest BCUT2D eigenvalue weighted by molar-refractivity contribution is -0.152. The van der Waals surface area contributed by atoms with Gasteiger partial charge in [0.05, 0.1) is 23.1 Å². The van der Waals surface area contributed by atoms with Crippen LogP contribution >= 0.6 is 15.9 Å². The van der Waals surface area contributed by atoms with Gasteiger partial charge in [-0.15, -0.1) is 0 Å². The van der Waals surface area contributed by atoms with E-state index in [1.807, 2.05) is 6.92 Å². The molecule has 1 heterocycles. The van der Waals surface area contributed by atoms with E-state index in [9.17, 15) is 9.90 Å². The van der Waals surface area contributed by atoms with Gasteiger partial charge in [0.25, 0.3) is 0 Å². The van der Waals surface area contributed by atoms with Crippen LogP contribution in [0.3, 0.4) is 0 Å². The van der Waals surface area contributed by atoms with Crippen LogP contribution < -0.4 is 9.47 Å². The number of aliphatic hydroxyl groups is 1. The third-order valence-electron chi connectivity index (χ3n) is 3.20. The van der Waals surface area contributed by atoms with Gasteiger partial charge in [0.15, 0.2) is 11.5 Å². The van der Waals surface area contributed by atoms with Gasteiger partial charge in [-0.1, -0.05) is 6.92 Å². The minimum Gasteiger partial charge on any atom is -0.466 e. The van der Waals surface area contributed by atoms with Crippen LogP contribution in [0.1, 0.15) is 31.9 Å². The molecule has 0 spiro atoms. The van der Waals surface area contributed by atoms with E-state index < -0.39 is 18.0 Å². The van der Waals surface area contributed by atoms with Crippen molar-refractivity contribution in [2.24, 2.45) is 5.92 Å². The molecule has 6 heteroatoms. The van der Waals surface area contributed by atoms with Crippen LogP contribution in [0.15, 0.2) is 16.6 Å². The number of fused-ring (bicyclic) bond motifs is 1. The quantitative estimate of drug-likeness (QED) is 0.832. The number of hydrogen-bond donors (Lipinski definition) is 1. The summed E-state index contributed by atoms with van der Waals surface area (Å²) in [4.78, 5) is 11.9. The summed E-state index contributed by atoms with van der Waals surface area (Å²) in [5, 5.41) is 10.4. The molecule has 0 amide bonds. The first-order valence-electron chi connectivity index (χ1n) is 6.52. The summed E-state index contributed by atoms with van der Waals surface area (Å²) in [6.45, 7) is 4.04. The molecule has 5 nitrogen and oxygen atoms in total. The Labute approximate surface area is 126 Å². The first-order valence-corrected chi connectivity index (χ1v) is 7.31. The molecule has 1 N–H and O–H groups in total. The highest BCUT2D eigenvalue weighted by atomic mass is 79.9. The zero-order valence-corrected chi connectivity index (χ0v) is 13.0. The van der Waals surface area contributed by atoms with E-state index in [1.54, 1.807) is 19.1 Å². The zero-order valence-electron chi connectivity index (χ0n) is 11.4. The molecule has 20 heavy (non-hydrogen) atoms. The average molecular weight is 345 g/mol. The first-order chi connectivity index (χ1) is 9.58. The normalized spacial score (nSPS) is 15.8. The molecule has 2 rings (SSSR count). The van der Waals surface area contributed by atoms with Crippen LogP contribution in [0.4, 0.5) is 0 Å². The van der Waals surface area contributed by atoms with E-state index >= 15 is 0 Å². The summed E-state index contributed by atoms with van der Waals surface area (Å²) in [6.07, 6.45) is -0.448. The van der Waals surface area contributed by atoms with Crippen molar-refractivity contribution in [1.82, 2.24) is 0 Å². The lowest BCUT2D eigenvalue weighted by atomic mass is 9.93. The SMILES string of the molecule is CCOC(=O)C(CC)C(O)c1cc(Br)c2c(c1)OCO2. The van der Waals surface area contributed by atoms with Crippen LogP contribution in [0.25, 0.3) is 0 Å². The van der Waals surface area contributed by atoms with Gasteiger partial charge in [-0.3, -0.25) is 4.79 Å². The Bertz CT molecular complexity index is 503. The predicted molar refractivity (Wildman–Crippen MR) is 75.6 cm³/mol. The van der Waals surface area contributed by atoms with E-state index in [0.717, 1.165) is 0 Å². The number of hydrogen-bond acceptors (Lipinski definition) is 5. The minimum atomic E-state index is -0.940. The van der Waals surface area contributed by atoms with Crippen LogP contribution in [0.2, 0.25) is 0 Å². The topological polar surface area (TPSA) is 65.0 Å². The maximum Gasteiger partial charge on any atom is 0.311 e. The number of carbonyl (C=O) groups excluding carboxylic acids is 1. The van der Waals surface area contributed by atoms with Gasteiger partial charge in [0, 0.05) is 0 Å². The standard InChI is InChI=1S/C14H17BrO5/c1-3-9(14(17)18-4-2)12(16)8-5-10(15)13-11(6-8)19-7-20-13/h5-6,9,12,16H,3-4,7H2,1-2H3. The molecule has 0 fully saturated rings. The van der Waals surface area contributed by atoms with Crippen LogP contribution in [-0.4, -0.2) is 24.5 Å². The van der Waals surface area contributed by atoms with Crippen molar-refractivity contribution < 1.29 is 24.1 Å². The Hall–Kier alpha value is -1.27. The number of rotatable bonds is 5. The second-order valence-electron chi connectivity index (χ2n) is 4.45. The number of ether oxygens (including phenoxy) is 3. The third kappa shape index (κ3) is 2.91. The van der Waals surface area contributed by atoms with Crippen molar-refractivity contribution in [3.63, 3.8) is 0 Å². The molecule has 0 saturated carbocycles. The Morgan fingerprint density at radius 2 is 2.20 bits per heavy atom. The van der Waals surface area contributed by atoms with Gasteiger partial charge in [0.2, 0.25) is 6.79 Å². The van der Waals surface area contributed by atoms with Gasteiger partial charge in [-0.25, -0.2) is 0 Å². The highest BCUT2D eigenvalue weighted by Crippen LogP contribution is 2.42. The predicted octanol–water partition coefficient (Wildman–Crippen LogP) is 2.80. The molecular weight excluding hydrogens is 328 g/mol. The average Bonchev–Trinajstić information content (AvgIpc) is 2.88. The summed E-state index contributed by atoms with van der Waals surface area (Å²) >= 11 is 3.37. The van der Waals surface area contributed by atoms with Crippen LogP contribution in [0.5, 0.6) is 11.5 Å². The van der Waals surface area contributed by atoms with E-state index in [1.165, 1.54) is 0 Å².